The van der Waals surface area contributed by atoms with E-state index in [1.165, 1.54) is 11.8 Å². The SMILES string of the molecule is COc1cc2c(cc1OCc1ccccc1)CCN(C(=O)OC(C)(C)C)C2CSc1nnnn1-c1ccccc1. The molecule has 0 bridgehead atoms. The van der Waals surface area contributed by atoms with E-state index in [1.807, 2.05) is 93.6 Å². The number of methoxy groups -OCH3 is 1. The van der Waals surface area contributed by atoms with Crippen molar-refractivity contribution in [1.29, 1.82) is 0 Å². The number of fused-ring (bicyclic) bond motifs is 1. The molecule has 208 valence electrons. The summed E-state index contributed by atoms with van der Waals surface area (Å²) in [6.07, 6.45) is 0.318. The van der Waals surface area contributed by atoms with E-state index in [4.69, 9.17) is 14.2 Å². The Bertz CT molecular complexity index is 1440. The van der Waals surface area contributed by atoms with E-state index in [-0.39, 0.29) is 12.1 Å². The number of carbonyl (C=O) groups is 1. The molecule has 10 heteroatoms. The molecule has 9 nitrogen and oxygen atoms in total. The number of para-hydroxylation sites is 1. The number of thioether (sulfide) groups is 1. The average molecular weight is 560 g/mol. The number of amides is 1. The molecule has 1 atom stereocenters. The number of aromatic nitrogens is 4. The zero-order valence-corrected chi connectivity index (χ0v) is 23.9. The minimum absolute atomic E-state index is 0.290. The summed E-state index contributed by atoms with van der Waals surface area (Å²) in [5.41, 5.74) is 3.43. The second-order valence-corrected chi connectivity index (χ2v) is 11.4. The van der Waals surface area contributed by atoms with Crippen molar-refractivity contribution in [1.82, 2.24) is 25.1 Å². The molecule has 2 heterocycles. The maximum atomic E-state index is 13.4. The number of rotatable bonds is 8. The largest absolute Gasteiger partial charge is 0.493 e. The first-order valence-electron chi connectivity index (χ1n) is 13.2. The van der Waals surface area contributed by atoms with Gasteiger partial charge in [0.05, 0.1) is 18.8 Å². The lowest BCUT2D eigenvalue weighted by molar-refractivity contribution is 0.0163. The van der Waals surface area contributed by atoms with Crippen LogP contribution in [-0.2, 0) is 17.8 Å². The molecule has 1 aromatic heterocycles. The molecule has 0 saturated carbocycles. The van der Waals surface area contributed by atoms with Crippen LogP contribution < -0.4 is 9.47 Å². The summed E-state index contributed by atoms with van der Waals surface area (Å²) in [6.45, 7) is 6.57. The van der Waals surface area contributed by atoms with Crippen LogP contribution in [0.3, 0.4) is 0 Å². The number of tetrazole rings is 1. The fourth-order valence-corrected chi connectivity index (χ4v) is 5.61. The van der Waals surface area contributed by atoms with Crippen molar-refractivity contribution in [2.45, 2.75) is 50.6 Å². The van der Waals surface area contributed by atoms with Crippen LogP contribution in [0.15, 0.2) is 78.0 Å². The normalized spacial score (nSPS) is 14.9. The lowest BCUT2D eigenvalue weighted by Crippen LogP contribution is -2.44. The van der Waals surface area contributed by atoms with E-state index in [9.17, 15) is 4.79 Å². The molecule has 0 aliphatic carbocycles. The fraction of sp³-hybridized carbons (Fsp3) is 0.333. The molecular weight excluding hydrogens is 526 g/mol. The number of hydrogen-bond donors (Lipinski definition) is 0. The quantitative estimate of drug-likeness (QED) is 0.247. The number of nitrogens with zero attached hydrogens (tertiary/aromatic N) is 5. The summed E-state index contributed by atoms with van der Waals surface area (Å²) in [5, 5.41) is 13.0. The van der Waals surface area contributed by atoms with Crippen molar-refractivity contribution in [3.8, 4) is 17.2 Å². The predicted molar refractivity (Wildman–Crippen MR) is 153 cm³/mol. The Balaban J connectivity index is 1.44. The third-order valence-corrected chi connectivity index (χ3v) is 7.46. The van der Waals surface area contributed by atoms with Gasteiger partial charge in [-0.05, 0) is 78.6 Å². The lowest BCUT2D eigenvalue weighted by Gasteiger charge is -2.38. The highest BCUT2D eigenvalue weighted by molar-refractivity contribution is 7.99. The van der Waals surface area contributed by atoms with E-state index in [0.29, 0.717) is 42.0 Å². The zero-order valence-electron chi connectivity index (χ0n) is 23.1. The van der Waals surface area contributed by atoms with Gasteiger partial charge < -0.3 is 14.2 Å². The summed E-state index contributed by atoms with van der Waals surface area (Å²) in [6, 6.07) is 23.5. The first kappa shape index (κ1) is 27.5. The van der Waals surface area contributed by atoms with Crippen LogP contribution in [0.25, 0.3) is 5.69 Å². The van der Waals surface area contributed by atoms with E-state index >= 15 is 0 Å². The predicted octanol–water partition coefficient (Wildman–Crippen LogP) is 5.88. The third kappa shape index (κ3) is 6.39. The van der Waals surface area contributed by atoms with E-state index < -0.39 is 5.60 Å². The number of ether oxygens (including phenoxy) is 3. The fourth-order valence-electron chi connectivity index (χ4n) is 4.59. The Morgan fingerprint density at radius 1 is 1.02 bits per heavy atom. The molecule has 0 fully saturated rings. The zero-order chi connectivity index (χ0) is 28.1. The van der Waals surface area contributed by atoms with Gasteiger partial charge in [0, 0.05) is 12.3 Å². The van der Waals surface area contributed by atoms with Crippen molar-refractivity contribution in [2.75, 3.05) is 19.4 Å². The van der Waals surface area contributed by atoms with Gasteiger partial charge in [-0.15, -0.1) is 5.10 Å². The molecule has 5 rings (SSSR count). The highest BCUT2D eigenvalue weighted by atomic mass is 32.2. The van der Waals surface area contributed by atoms with Crippen LogP contribution >= 0.6 is 11.8 Å². The number of hydrogen-bond acceptors (Lipinski definition) is 8. The molecule has 1 unspecified atom stereocenters. The van der Waals surface area contributed by atoms with Gasteiger partial charge in [-0.25, -0.2) is 4.79 Å². The van der Waals surface area contributed by atoms with Crippen molar-refractivity contribution in [2.24, 2.45) is 0 Å². The standard InChI is InChI=1S/C30H33N5O4S/c1-30(2,3)39-29(36)34-16-15-22-17-27(38-19-21-11-7-5-8-12-21)26(37-4)18-24(22)25(34)20-40-28-31-32-33-35(28)23-13-9-6-10-14-23/h5-14,17-18,25H,15-16,19-20H2,1-4H3. The van der Waals surface area contributed by atoms with Gasteiger partial charge >= 0.3 is 6.09 Å². The smallest absolute Gasteiger partial charge is 0.410 e. The van der Waals surface area contributed by atoms with Gasteiger partial charge in [0.2, 0.25) is 5.16 Å². The van der Waals surface area contributed by atoms with Gasteiger partial charge in [-0.2, -0.15) is 4.68 Å². The van der Waals surface area contributed by atoms with Crippen molar-refractivity contribution in [3.05, 3.63) is 89.5 Å². The van der Waals surface area contributed by atoms with Crippen LogP contribution in [-0.4, -0.2) is 56.2 Å². The monoisotopic (exact) mass is 559 g/mol. The molecule has 3 aromatic carbocycles. The minimum atomic E-state index is -0.612. The molecule has 0 saturated heterocycles. The topological polar surface area (TPSA) is 91.6 Å². The van der Waals surface area contributed by atoms with Crippen molar-refractivity contribution < 1.29 is 19.0 Å². The summed E-state index contributed by atoms with van der Waals surface area (Å²) < 4.78 is 19.4. The summed E-state index contributed by atoms with van der Waals surface area (Å²) in [7, 11) is 1.63. The van der Waals surface area contributed by atoms with E-state index in [0.717, 1.165) is 22.4 Å². The molecule has 40 heavy (non-hydrogen) atoms. The molecular formula is C30H33N5O4S. The molecule has 0 radical (unpaired) electrons. The second-order valence-electron chi connectivity index (χ2n) is 10.4. The minimum Gasteiger partial charge on any atom is -0.493 e. The highest BCUT2D eigenvalue weighted by Gasteiger charge is 2.35. The van der Waals surface area contributed by atoms with Crippen LogP contribution in [0.2, 0.25) is 0 Å². The lowest BCUT2D eigenvalue weighted by atomic mass is 9.93. The molecule has 1 aliphatic rings. The van der Waals surface area contributed by atoms with Gasteiger partial charge in [0.1, 0.15) is 12.2 Å². The molecule has 4 aromatic rings. The van der Waals surface area contributed by atoms with Crippen LogP contribution in [0.1, 0.15) is 43.5 Å². The Morgan fingerprint density at radius 2 is 1.75 bits per heavy atom. The number of carbonyl (C=O) groups excluding carboxylic acids is 1. The second kappa shape index (κ2) is 12.0. The van der Waals surface area contributed by atoms with Crippen LogP contribution in [0, 0.1) is 0 Å². The first-order chi connectivity index (χ1) is 19.3. The van der Waals surface area contributed by atoms with Gasteiger partial charge in [-0.3, -0.25) is 4.90 Å². The van der Waals surface area contributed by atoms with Crippen LogP contribution in [0.4, 0.5) is 4.79 Å². The maximum Gasteiger partial charge on any atom is 0.410 e. The first-order valence-corrected chi connectivity index (χ1v) is 14.1. The molecule has 1 amide bonds. The Hall–Kier alpha value is -4.05. The number of benzene rings is 3. The summed E-state index contributed by atoms with van der Waals surface area (Å²) >= 11 is 1.49. The molecule has 1 aliphatic heterocycles. The van der Waals surface area contributed by atoms with Crippen molar-refractivity contribution >= 4 is 17.9 Å². The van der Waals surface area contributed by atoms with Crippen molar-refractivity contribution in [3.63, 3.8) is 0 Å². The Labute approximate surface area is 238 Å². The van der Waals surface area contributed by atoms with Crippen LogP contribution in [0.5, 0.6) is 11.5 Å². The van der Waals surface area contributed by atoms with Gasteiger partial charge in [0.25, 0.3) is 0 Å². The Morgan fingerprint density at radius 3 is 2.45 bits per heavy atom. The van der Waals surface area contributed by atoms with Gasteiger partial charge in [-0.1, -0.05) is 60.3 Å². The van der Waals surface area contributed by atoms with E-state index in [2.05, 4.69) is 15.5 Å². The Kier molecular flexibility index (Phi) is 8.25. The maximum absolute atomic E-state index is 13.4. The molecule has 0 N–H and O–H groups in total. The third-order valence-electron chi connectivity index (χ3n) is 6.46. The molecule has 0 spiro atoms. The summed E-state index contributed by atoms with van der Waals surface area (Å²) in [5.74, 6) is 1.81. The van der Waals surface area contributed by atoms with E-state index in [1.54, 1.807) is 16.7 Å². The van der Waals surface area contributed by atoms with Gasteiger partial charge in [0.15, 0.2) is 11.5 Å². The summed E-state index contributed by atoms with van der Waals surface area (Å²) in [4.78, 5) is 15.2. The average Bonchev–Trinajstić information content (AvgIpc) is 3.43. The highest BCUT2D eigenvalue weighted by Crippen LogP contribution is 2.41.